The van der Waals surface area contributed by atoms with E-state index in [-0.39, 0.29) is 5.69 Å². The van der Waals surface area contributed by atoms with E-state index in [1.54, 1.807) is 0 Å². The van der Waals surface area contributed by atoms with Crippen LogP contribution in [0.25, 0.3) is 0 Å². The van der Waals surface area contributed by atoms with Crippen molar-refractivity contribution in [2.45, 2.75) is 11.8 Å². The molecular weight excluding hydrogens is 262 g/mol. The SMILES string of the molecule is O=P(O)(O)C(Cc1cn(O)cn1)P(=O)(O)O. The molecule has 16 heavy (non-hydrogen) atoms. The molecule has 0 unspecified atom stereocenters. The summed E-state index contributed by atoms with van der Waals surface area (Å²) >= 11 is 0. The van der Waals surface area contributed by atoms with Gasteiger partial charge in [-0.1, -0.05) is 0 Å². The number of nitrogens with zero attached hydrogens (tertiary/aromatic N) is 2. The molecule has 0 aliphatic carbocycles. The molecular formula is C5H10N2O7P2. The number of hydrogen-bond acceptors (Lipinski definition) is 4. The van der Waals surface area contributed by atoms with Crippen LogP contribution in [0.4, 0.5) is 0 Å². The molecule has 0 bridgehead atoms. The first-order valence-corrected chi connectivity index (χ1v) is 7.29. The van der Waals surface area contributed by atoms with Gasteiger partial charge >= 0.3 is 15.2 Å². The molecule has 1 heterocycles. The molecule has 0 fully saturated rings. The molecule has 11 heteroatoms. The lowest BCUT2D eigenvalue weighted by Gasteiger charge is -2.18. The van der Waals surface area contributed by atoms with Gasteiger partial charge in [0.05, 0.1) is 11.9 Å². The summed E-state index contributed by atoms with van der Waals surface area (Å²) in [6.07, 6.45) is 1.31. The molecule has 0 spiro atoms. The van der Waals surface area contributed by atoms with Crippen LogP contribution in [0.1, 0.15) is 5.69 Å². The Morgan fingerprint density at radius 1 is 1.25 bits per heavy atom. The van der Waals surface area contributed by atoms with E-state index in [0.717, 1.165) is 12.5 Å². The predicted molar refractivity (Wildman–Crippen MR) is 51.0 cm³/mol. The molecule has 92 valence electrons. The van der Waals surface area contributed by atoms with E-state index < -0.39 is 27.0 Å². The Bertz CT molecular complexity index is 437. The molecule has 1 aromatic rings. The van der Waals surface area contributed by atoms with E-state index in [4.69, 9.17) is 24.8 Å². The molecule has 0 atom stereocenters. The van der Waals surface area contributed by atoms with Gasteiger partial charge in [-0.2, -0.15) is 4.73 Å². The van der Waals surface area contributed by atoms with Crippen molar-refractivity contribution in [2.75, 3.05) is 0 Å². The summed E-state index contributed by atoms with van der Waals surface area (Å²) in [5.74, 6) is 0. The molecule has 9 nitrogen and oxygen atoms in total. The lowest BCUT2D eigenvalue weighted by Crippen LogP contribution is -2.13. The zero-order chi connectivity index (χ0) is 12.6. The van der Waals surface area contributed by atoms with Gasteiger partial charge in [-0.15, -0.1) is 0 Å². The van der Waals surface area contributed by atoms with Gasteiger partial charge in [-0.3, -0.25) is 9.13 Å². The minimum atomic E-state index is -4.95. The Hall–Kier alpha value is -0.690. The third-order valence-corrected chi connectivity index (χ3v) is 5.51. The van der Waals surface area contributed by atoms with Crippen molar-refractivity contribution in [1.82, 2.24) is 9.71 Å². The van der Waals surface area contributed by atoms with Crippen molar-refractivity contribution in [3.8, 4) is 0 Å². The Morgan fingerprint density at radius 3 is 2.06 bits per heavy atom. The second kappa shape index (κ2) is 4.29. The minimum Gasteiger partial charge on any atom is -0.427 e. The van der Waals surface area contributed by atoms with Gasteiger partial charge in [0, 0.05) is 6.42 Å². The van der Waals surface area contributed by atoms with Crippen LogP contribution in [0, 0.1) is 0 Å². The van der Waals surface area contributed by atoms with Gasteiger partial charge in [-0.25, -0.2) is 4.98 Å². The van der Waals surface area contributed by atoms with Gasteiger partial charge in [0.25, 0.3) is 0 Å². The molecule has 1 aromatic heterocycles. The summed E-state index contributed by atoms with van der Waals surface area (Å²) in [6.45, 7) is 0. The highest BCUT2D eigenvalue weighted by atomic mass is 31.2. The highest BCUT2D eigenvalue weighted by Crippen LogP contribution is 2.60. The number of imidazole rings is 1. The molecule has 0 radical (unpaired) electrons. The van der Waals surface area contributed by atoms with Gasteiger partial charge in [0.15, 0.2) is 5.40 Å². The van der Waals surface area contributed by atoms with E-state index >= 15 is 0 Å². The summed E-state index contributed by atoms with van der Waals surface area (Å²) < 4.78 is 22.3. The second-order valence-electron chi connectivity index (χ2n) is 3.11. The summed E-state index contributed by atoms with van der Waals surface area (Å²) in [5, 5.41) is 6.69. The fraction of sp³-hybridized carbons (Fsp3) is 0.400. The van der Waals surface area contributed by atoms with Crippen molar-refractivity contribution in [3.63, 3.8) is 0 Å². The van der Waals surface area contributed by atoms with Crippen molar-refractivity contribution >= 4 is 15.2 Å². The van der Waals surface area contributed by atoms with Crippen LogP contribution in [0.3, 0.4) is 0 Å². The maximum absolute atomic E-state index is 10.9. The van der Waals surface area contributed by atoms with Crippen LogP contribution in [0.15, 0.2) is 12.5 Å². The van der Waals surface area contributed by atoms with Crippen LogP contribution in [0.5, 0.6) is 0 Å². The van der Waals surface area contributed by atoms with Gasteiger partial charge < -0.3 is 24.8 Å². The standard InChI is InChI=1S/C5H10N2O7P2/c8-7-2-4(6-3-7)1-5(15(9,10)11)16(12,13)14/h2-3,5,8H,1H2,(H2,9,10,11)(H2,12,13,14). The van der Waals surface area contributed by atoms with Crippen molar-refractivity contribution in [3.05, 3.63) is 18.2 Å². The lowest BCUT2D eigenvalue weighted by atomic mass is 10.4. The summed E-state index contributed by atoms with van der Waals surface area (Å²) in [5.41, 5.74) is -0.0286. The topological polar surface area (TPSA) is 153 Å². The Morgan fingerprint density at radius 2 is 1.75 bits per heavy atom. The molecule has 0 saturated heterocycles. The van der Waals surface area contributed by atoms with Crippen molar-refractivity contribution < 1.29 is 33.9 Å². The zero-order valence-corrected chi connectivity index (χ0v) is 9.57. The summed E-state index contributed by atoms with van der Waals surface area (Å²) in [7, 11) is -9.90. The van der Waals surface area contributed by atoms with Crippen molar-refractivity contribution in [2.24, 2.45) is 0 Å². The largest absolute Gasteiger partial charge is 0.427 e. The number of aromatic nitrogens is 2. The van der Waals surface area contributed by atoms with E-state index in [1.165, 1.54) is 0 Å². The first-order chi connectivity index (χ1) is 7.10. The van der Waals surface area contributed by atoms with E-state index in [9.17, 15) is 9.13 Å². The summed E-state index contributed by atoms with van der Waals surface area (Å²) in [4.78, 5) is 38.7. The lowest BCUT2D eigenvalue weighted by molar-refractivity contribution is 0.185. The average Bonchev–Trinajstić information content (AvgIpc) is 2.43. The first kappa shape index (κ1) is 13.4. The molecule has 0 aliphatic heterocycles. The molecule has 0 aliphatic rings. The highest BCUT2D eigenvalue weighted by Gasteiger charge is 2.43. The van der Waals surface area contributed by atoms with Gasteiger partial charge in [0.1, 0.15) is 6.33 Å². The predicted octanol–water partition coefficient (Wildman–Crippen LogP) is -0.656. The third-order valence-electron chi connectivity index (χ3n) is 1.79. The van der Waals surface area contributed by atoms with Crippen LogP contribution in [-0.4, -0.2) is 39.9 Å². The van der Waals surface area contributed by atoms with Gasteiger partial charge in [-0.05, 0) is 0 Å². The zero-order valence-electron chi connectivity index (χ0n) is 7.78. The average molecular weight is 272 g/mol. The number of rotatable bonds is 4. The Labute approximate surface area is 89.7 Å². The third kappa shape index (κ3) is 3.41. The molecule has 1 rings (SSSR count). The van der Waals surface area contributed by atoms with Crippen LogP contribution in [-0.2, 0) is 15.6 Å². The van der Waals surface area contributed by atoms with Crippen molar-refractivity contribution in [1.29, 1.82) is 0 Å². The maximum Gasteiger partial charge on any atom is 0.341 e. The van der Waals surface area contributed by atoms with E-state index in [1.807, 2.05) is 0 Å². The van der Waals surface area contributed by atoms with E-state index in [2.05, 4.69) is 4.98 Å². The second-order valence-corrected chi connectivity index (χ2v) is 7.12. The van der Waals surface area contributed by atoms with E-state index in [0.29, 0.717) is 4.73 Å². The highest BCUT2D eigenvalue weighted by molar-refractivity contribution is 7.70. The fourth-order valence-corrected chi connectivity index (χ4v) is 3.50. The summed E-state index contributed by atoms with van der Waals surface area (Å²) in [6, 6.07) is 0. The van der Waals surface area contributed by atoms with Crippen LogP contribution < -0.4 is 0 Å². The minimum absolute atomic E-state index is 0.0286. The molecule has 0 amide bonds. The molecule has 0 saturated carbocycles. The van der Waals surface area contributed by atoms with Crippen LogP contribution in [0.2, 0.25) is 0 Å². The Kier molecular flexibility index (Phi) is 3.59. The normalized spacial score (nSPS) is 13.3. The first-order valence-electron chi connectivity index (χ1n) is 3.93. The van der Waals surface area contributed by atoms with Crippen LogP contribution >= 0.6 is 15.2 Å². The van der Waals surface area contributed by atoms with Gasteiger partial charge in [0.2, 0.25) is 0 Å². The number of hydrogen-bond donors (Lipinski definition) is 5. The molecule has 0 aromatic carbocycles. The quantitative estimate of drug-likeness (QED) is 0.357. The fourth-order valence-electron chi connectivity index (χ4n) is 1.08. The smallest absolute Gasteiger partial charge is 0.341 e. The maximum atomic E-state index is 10.9. The molecule has 5 N–H and O–H groups in total. The Balaban J connectivity index is 2.97. The monoisotopic (exact) mass is 272 g/mol.